The summed E-state index contributed by atoms with van der Waals surface area (Å²) in [6.07, 6.45) is 2.51. The second kappa shape index (κ2) is 10.0. The third kappa shape index (κ3) is 6.60. The van der Waals surface area contributed by atoms with E-state index in [9.17, 15) is 14.4 Å². The van der Waals surface area contributed by atoms with Crippen LogP contribution < -0.4 is 14.8 Å². The Morgan fingerprint density at radius 2 is 1.84 bits per heavy atom. The summed E-state index contributed by atoms with van der Waals surface area (Å²) in [7, 11) is 0. The van der Waals surface area contributed by atoms with Gasteiger partial charge in [-0.1, -0.05) is 0 Å². The Labute approximate surface area is 183 Å². The van der Waals surface area contributed by atoms with Crippen molar-refractivity contribution >= 4 is 17.8 Å². The van der Waals surface area contributed by atoms with Gasteiger partial charge in [0.25, 0.3) is 0 Å². The summed E-state index contributed by atoms with van der Waals surface area (Å²) >= 11 is 0. The van der Waals surface area contributed by atoms with Gasteiger partial charge < -0.3 is 24.4 Å². The Bertz CT molecular complexity index is 817. The number of rotatable bonds is 6. The van der Waals surface area contributed by atoms with Crippen LogP contribution in [0.15, 0.2) is 18.2 Å². The number of nitrogens with one attached hydrogen (secondary N) is 1. The number of hydrogen-bond acceptors (Lipinski definition) is 6. The van der Waals surface area contributed by atoms with Crippen LogP contribution in [0.1, 0.15) is 63.2 Å². The molecule has 3 rings (SSSR count). The van der Waals surface area contributed by atoms with Gasteiger partial charge in [-0.25, -0.2) is 4.79 Å². The molecule has 1 aromatic rings. The minimum absolute atomic E-state index is 0.0680. The van der Waals surface area contributed by atoms with Gasteiger partial charge >= 0.3 is 6.09 Å². The van der Waals surface area contributed by atoms with E-state index in [1.54, 1.807) is 23.1 Å². The van der Waals surface area contributed by atoms with Crippen LogP contribution in [-0.2, 0) is 9.53 Å². The zero-order valence-corrected chi connectivity index (χ0v) is 18.6. The maximum atomic E-state index is 12.8. The number of amides is 2. The zero-order valence-electron chi connectivity index (χ0n) is 18.6. The topological polar surface area (TPSA) is 94.2 Å². The van der Waals surface area contributed by atoms with E-state index in [4.69, 9.17) is 14.2 Å². The minimum Gasteiger partial charge on any atom is -0.486 e. The highest BCUT2D eigenvalue weighted by atomic mass is 16.6. The Hall–Kier alpha value is -2.77. The van der Waals surface area contributed by atoms with E-state index in [0.29, 0.717) is 43.4 Å². The van der Waals surface area contributed by atoms with Gasteiger partial charge in [0.1, 0.15) is 18.8 Å². The summed E-state index contributed by atoms with van der Waals surface area (Å²) in [6.45, 7) is 7.35. The molecule has 2 aliphatic rings. The normalized spacial score (nSPS) is 18.3. The fourth-order valence-electron chi connectivity index (χ4n) is 3.78. The average molecular weight is 433 g/mol. The summed E-state index contributed by atoms with van der Waals surface area (Å²) in [5, 5.41) is 2.77. The van der Waals surface area contributed by atoms with Gasteiger partial charge in [0.05, 0.1) is 0 Å². The number of hydrogen-bond donors (Lipinski definition) is 1. The van der Waals surface area contributed by atoms with Crippen molar-refractivity contribution in [2.45, 2.75) is 64.5 Å². The zero-order chi connectivity index (χ0) is 22.4. The van der Waals surface area contributed by atoms with Crippen LogP contribution in [0.5, 0.6) is 11.5 Å². The van der Waals surface area contributed by atoms with E-state index < -0.39 is 11.7 Å². The molecule has 8 heteroatoms. The first-order chi connectivity index (χ1) is 14.7. The van der Waals surface area contributed by atoms with Gasteiger partial charge in [-0.15, -0.1) is 0 Å². The van der Waals surface area contributed by atoms with E-state index in [1.807, 2.05) is 20.8 Å². The van der Waals surface area contributed by atoms with Gasteiger partial charge in [-0.2, -0.15) is 0 Å². The highest BCUT2D eigenvalue weighted by Gasteiger charge is 2.28. The lowest BCUT2D eigenvalue weighted by Gasteiger charge is -2.36. The van der Waals surface area contributed by atoms with Crippen molar-refractivity contribution in [2.75, 3.05) is 26.3 Å². The molecular weight excluding hydrogens is 400 g/mol. The molecule has 170 valence electrons. The highest BCUT2D eigenvalue weighted by molar-refractivity contribution is 5.98. The molecule has 1 fully saturated rings. The number of alkyl carbamates (subject to hydrolysis) is 1. The van der Waals surface area contributed by atoms with Crippen LogP contribution in [-0.4, -0.2) is 60.6 Å². The molecule has 2 heterocycles. The van der Waals surface area contributed by atoms with Crippen LogP contribution in [0.2, 0.25) is 0 Å². The maximum Gasteiger partial charge on any atom is 0.407 e. The summed E-state index contributed by atoms with van der Waals surface area (Å²) in [5.41, 5.74) is -0.0563. The average Bonchev–Trinajstić information content (AvgIpc) is 2.74. The number of ether oxygens (including phenoxy) is 3. The number of piperidine rings is 1. The number of nitrogens with zero attached hydrogens (tertiary/aromatic N) is 1. The van der Waals surface area contributed by atoms with E-state index in [2.05, 4.69) is 5.32 Å². The van der Waals surface area contributed by atoms with Crippen LogP contribution in [0, 0.1) is 0 Å². The van der Waals surface area contributed by atoms with Gasteiger partial charge in [0.2, 0.25) is 5.91 Å². The third-order valence-electron chi connectivity index (χ3n) is 5.26. The van der Waals surface area contributed by atoms with Crippen molar-refractivity contribution in [2.24, 2.45) is 0 Å². The van der Waals surface area contributed by atoms with Crippen LogP contribution in [0.3, 0.4) is 0 Å². The molecule has 1 unspecified atom stereocenters. The van der Waals surface area contributed by atoms with Crippen molar-refractivity contribution in [3.8, 4) is 11.5 Å². The molecule has 0 radical (unpaired) electrons. The van der Waals surface area contributed by atoms with Crippen molar-refractivity contribution < 1.29 is 28.6 Å². The monoisotopic (exact) mass is 432 g/mol. The van der Waals surface area contributed by atoms with Gasteiger partial charge in [-0.3, -0.25) is 9.59 Å². The van der Waals surface area contributed by atoms with Crippen molar-refractivity contribution in [1.29, 1.82) is 0 Å². The maximum absolute atomic E-state index is 12.8. The standard InChI is InChI=1S/C23H32N2O6/c1-23(2,3)31-22(28)24-15-17-6-4-5-11-25(17)21(27)10-8-18(26)16-7-9-19-20(14-16)30-13-12-29-19/h7,9,14,17H,4-6,8,10-13,15H2,1-3H3,(H,24,28). The van der Waals surface area contributed by atoms with Crippen molar-refractivity contribution in [3.05, 3.63) is 23.8 Å². The Morgan fingerprint density at radius 1 is 1.10 bits per heavy atom. The quantitative estimate of drug-likeness (QED) is 0.693. The third-order valence-corrected chi connectivity index (χ3v) is 5.26. The van der Waals surface area contributed by atoms with E-state index in [1.165, 1.54) is 0 Å². The smallest absolute Gasteiger partial charge is 0.407 e. The molecule has 1 aromatic carbocycles. The summed E-state index contributed by atoms with van der Waals surface area (Å²) < 4.78 is 16.3. The first kappa shape index (κ1) is 22.9. The number of Topliss-reactive ketones (excluding diaryl/α,β-unsaturated/α-hetero) is 1. The molecular formula is C23H32N2O6. The fraction of sp³-hybridized carbons (Fsp3) is 0.609. The summed E-state index contributed by atoms with van der Waals surface area (Å²) in [4.78, 5) is 39.2. The Morgan fingerprint density at radius 3 is 2.58 bits per heavy atom. The molecule has 1 N–H and O–H groups in total. The molecule has 0 saturated carbocycles. The molecule has 1 atom stereocenters. The van der Waals surface area contributed by atoms with Crippen molar-refractivity contribution in [3.63, 3.8) is 0 Å². The number of fused-ring (bicyclic) bond motifs is 1. The molecule has 0 spiro atoms. The molecule has 2 aliphatic heterocycles. The van der Waals surface area contributed by atoms with Gasteiger partial charge in [0, 0.05) is 37.5 Å². The predicted octanol–water partition coefficient (Wildman–Crippen LogP) is 3.33. The highest BCUT2D eigenvalue weighted by Crippen LogP contribution is 2.31. The fourth-order valence-corrected chi connectivity index (χ4v) is 3.78. The number of ketones is 1. The predicted molar refractivity (Wildman–Crippen MR) is 115 cm³/mol. The first-order valence-corrected chi connectivity index (χ1v) is 10.9. The first-order valence-electron chi connectivity index (χ1n) is 10.9. The number of likely N-dealkylation sites (tertiary alicyclic amines) is 1. The van der Waals surface area contributed by atoms with Crippen LogP contribution in [0.4, 0.5) is 4.79 Å². The molecule has 8 nitrogen and oxygen atoms in total. The number of carbonyl (C=O) groups excluding carboxylic acids is 3. The largest absolute Gasteiger partial charge is 0.486 e. The number of carbonyl (C=O) groups is 3. The van der Waals surface area contributed by atoms with Gasteiger partial charge in [0.15, 0.2) is 17.3 Å². The second-order valence-electron chi connectivity index (χ2n) is 8.90. The van der Waals surface area contributed by atoms with E-state index in [0.717, 1.165) is 19.3 Å². The van der Waals surface area contributed by atoms with E-state index >= 15 is 0 Å². The van der Waals surface area contributed by atoms with Crippen LogP contribution in [0.25, 0.3) is 0 Å². The lowest BCUT2D eigenvalue weighted by molar-refractivity contribution is -0.134. The molecule has 31 heavy (non-hydrogen) atoms. The molecule has 1 saturated heterocycles. The minimum atomic E-state index is -0.569. The SMILES string of the molecule is CC(C)(C)OC(=O)NCC1CCCCN1C(=O)CCC(=O)c1ccc2c(c1)OCCO2. The van der Waals surface area contributed by atoms with E-state index in [-0.39, 0.29) is 30.6 Å². The molecule has 0 bridgehead atoms. The van der Waals surface area contributed by atoms with Gasteiger partial charge in [-0.05, 0) is 58.2 Å². The summed E-state index contributed by atoms with van der Waals surface area (Å²) in [6, 6.07) is 5.02. The Balaban J connectivity index is 1.52. The number of benzene rings is 1. The lowest BCUT2D eigenvalue weighted by atomic mass is 10.00. The summed E-state index contributed by atoms with van der Waals surface area (Å²) in [5.74, 6) is 1.02. The Kier molecular flexibility index (Phi) is 7.41. The molecule has 0 aromatic heterocycles. The molecule has 0 aliphatic carbocycles. The van der Waals surface area contributed by atoms with Crippen LogP contribution >= 0.6 is 0 Å². The van der Waals surface area contributed by atoms with Crippen molar-refractivity contribution in [1.82, 2.24) is 10.2 Å². The second-order valence-corrected chi connectivity index (χ2v) is 8.90. The molecule has 2 amide bonds. The lowest BCUT2D eigenvalue weighted by Crippen LogP contribution is -2.50.